The predicted octanol–water partition coefficient (Wildman–Crippen LogP) is 3.14. The fourth-order valence-electron chi connectivity index (χ4n) is 2.90. The van der Waals surface area contributed by atoms with E-state index in [-0.39, 0.29) is 5.38 Å². The van der Waals surface area contributed by atoms with Gasteiger partial charge >= 0.3 is 0 Å². The highest BCUT2D eigenvalue weighted by Gasteiger charge is 2.18. The second kappa shape index (κ2) is 5.70. The van der Waals surface area contributed by atoms with E-state index in [1.807, 2.05) is 20.0 Å². The Morgan fingerprint density at radius 2 is 2.05 bits per heavy atom. The van der Waals surface area contributed by atoms with E-state index in [2.05, 4.69) is 25.5 Å². The first-order chi connectivity index (χ1) is 9.65. The van der Waals surface area contributed by atoms with Crippen LogP contribution in [0.15, 0.2) is 12.3 Å². The molecule has 20 heavy (non-hydrogen) atoms. The molecule has 1 saturated heterocycles. The average molecular weight is 293 g/mol. The number of aromatic nitrogens is 3. The first-order valence-electron chi connectivity index (χ1n) is 7.34. The smallest absolute Gasteiger partial charge is 0.160 e. The Hall–Kier alpha value is -1.13. The molecular formula is C15H21ClN4. The number of aryl methyl sites for hydroxylation is 1. The molecule has 1 aliphatic heterocycles. The molecule has 5 heteroatoms. The highest BCUT2D eigenvalue weighted by atomic mass is 35.5. The van der Waals surface area contributed by atoms with Gasteiger partial charge in [-0.05, 0) is 51.4 Å². The van der Waals surface area contributed by atoms with Crippen LogP contribution in [0.1, 0.15) is 36.5 Å². The van der Waals surface area contributed by atoms with Crippen LogP contribution in [0.3, 0.4) is 0 Å². The minimum Gasteiger partial charge on any atom is -0.310 e. The molecule has 0 aliphatic carbocycles. The Morgan fingerprint density at radius 1 is 1.30 bits per heavy atom. The number of hydrogen-bond donors (Lipinski definition) is 0. The van der Waals surface area contributed by atoms with Crippen LogP contribution in [0.5, 0.6) is 0 Å². The molecule has 2 aromatic rings. The van der Waals surface area contributed by atoms with Gasteiger partial charge in [-0.2, -0.15) is 0 Å². The fourth-order valence-corrected chi connectivity index (χ4v) is 3.07. The standard InChI is InChI=1S/C15H21ClN4/c1-11-9-13-15(17-10-11)20(14(18-13)12(2)16)8-7-19-5-3-4-6-19/h9-10,12H,3-8H2,1-2H3. The Labute approximate surface area is 124 Å². The zero-order valence-corrected chi connectivity index (χ0v) is 12.9. The lowest BCUT2D eigenvalue weighted by atomic mass is 10.3. The van der Waals surface area contributed by atoms with Gasteiger partial charge in [0.15, 0.2) is 5.65 Å². The van der Waals surface area contributed by atoms with Gasteiger partial charge in [0.2, 0.25) is 0 Å². The van der Waals surface area contributed by atoms with Crippen LogP contribution in [0.2, 0.25) is 0 Å². The minimum absolute atomic E-state index is 0.0944. The second-order valence-electron chi connectivity index (χ2n) is 5.64. The summed E-state index contributed by atoms with van der Waals surface area (Å²) >= 11 is 6.29. The van der Waals surface area contributed by atoms with Gasteiger partial charge in [-0.25, -0.2) is 9.97 Å². The summed E-state index contributed by atoms with van der Waals surface area (Å²) < 4.78 is 2.19. The summed E-state index contributed by atoms with van der Waals surface area (Å²) in [6, 6.07) is 2.08. The third-order valence-electron chi connectivity index (χ3n) is 3.95. The fraction of sp³-hybridized carbons (Fsp3) is 0.600. The first kappa shape index (κ1) is 13.8. The molecule has 1 fully saturated rings. The molecule has 4 nitrogen and oxygen atoms in total. The van der Waals surface area contributed by atoms with Crippen molar-refractivity contribution < 1.29 is 0 Å². The SMILES string of the molecule is Cc1cnc2c(c1)nc(C(C)Cl)n2CCN1CCCC1. The maximum Gasteiger partial charge on any atom is 0.160 e. The van der Waals surface area contributed by atoms with Gasteiger partial charge in [-0.1, -0.05) is 0 Å². The number of likely N-dealkylation sites (tertiary alicyclic amines) is 1. The normalized spacial score (nSPS) is 17.9. The summed E-state index contributed by atoms with van der Waals surface area (Å²) in [5, 5.41) is -0.0944. The zero-order valence-electron chi connectivity index (χ0n) is 12.1. The Balaban J connectivity index is 1.91. The third kappa shape index (κ3) is 2.67. The highest BCUT2D eigenvalue weighted by molar-refractivity contribution is 6.20. The molecule has 108 valence electrons. The number of imidazole rings is 1. The van der Waals surface area contributed by atoms with E-state index in [1.165, 1.54) is 25.9 Å². The Morgan fingerprint density at radius 3 is 2.75 bits per heavy atom. The van der Waals surface area contributed by atoms with E-state index in [0.29, 0.717) is 0 Å². The number of rotatable bonds is 4. The number of fused-ring (bicyclic) bond motifs is 1. The van der Waals surface area contributed by atoms with Gasteiger partial charge in [-0.15, -0.1) is 11.6 Å². The molecule has 0 amide bonds. The quantitative estimate of drug-likeness (QED) is 0.812. The van der Waals surface area contributed by atoms with Crippen LogP contribution < -0.4 is 0 Å². The van der Waals surface area contributed by atoms with Crippen molar-refractivity contribution in [3.05, 3.63) is 23.7 Å². The van der Waals surface area contributed by atoms with Gasteiger partial charge in [0.25, 0.3) is 0 Å². The number of alkyl halides is 1. The number of nitrogens with zero attached hydrogens (tertiary/aromatic N) is 4. The molecule has 2 aromatic heterocycles. The number of hydrogen-bond acceptors (Lipinski definition) is 3. The topological polar surface area (TPSA) is 34.0 Å². The van der Waals surface area contributed by atoms with E-state index in [1.54, 1.807) is 0 Å². The van der Waals surface area contributed by atoms with Crippen molar-refractivity contribution in [3.8, 4) is 0 Å². The molecule has 1 atom stereocenters. The van der Waals surface area contributed by atoms with E-state index in [4.69, 9.17) is 11.6 Å². The molecular weight excluding hydrogens is 272 g/mol. The lowest BCUT2D eigenvalue weighted by molar-refractivity contribution is 0.322. The van der Waals surface area contributed by atoms with Crippen LogP contribution in [-0.4, -0.2) is 39.1 Å². The van der Waals surface area contributed by atoms with E-state index >= 15 is 0 Å². The maximum atomic E-state index is 6.29. The molecule has 1 unspecified atom stereocenters. The van der Waals surface area contributed by atoms with E-state index in [9.17, 15) is 0 Å². The van der Waals surface area contributed by atoms with Crippen LogP contribution in [-0.2, 0) is 6.54 Å². The summed E-state index contributed by atoms with van der Waals surface area (Å²) in [6.07, 6.45) is 4.54. The molecule has 0 bridgehead atoms. The Kier molecular flexibility index (Phi) is 3.94. The van der Waals surface area contributed by atoms with Gasteiger partial charge in [0.1, 0.15) is 11.3 Å². The molecule has 0 N–H and O–H groups in total. The molecule has 0 radical (unpaired) electrons. The predicted molar refractivity (Wildman–Crippen MR) is 82.2 cm³/mol. The monoisotopic (exact) mass is 292 g/mol. The molecule has 0 aromatic carbocycles. The lowest BCUT2D eigenvalue weighted by Crippen LogP contribution is -2.25. The Bertz CT molecular complexity index is 599. The van der Waals surface area contributed by atoms with Gasteiger partial charge in [-0.3, -0.25) is 0 Å². The second-order valence-corrected chi connectivity index (χ2v) is 6.30. The first-order valence-corrected chi connectivity index (χ1v) is 7.78. The van der Waals surface area contributed by atoms with Gasteiger partial charge in [0, 0.05) is 19.3 Å². The third-order valence-corrected chi connectivity index (χ3v) is 4.14. The molecule has 0 spiro atoms. The van der Waals surface area contributed by atoms with E-state index < -0.39 is 0 Å². The molecule has 3 rings (SSSR count). The summed E-state index contributed by atoms with van der Waals surface area (Å²) in [5.74, 6) is 0.930. The van der Waals surface area contributed by atoms with Crippen LogP contribution in [0, 0.1) is 6.92 Å². The van der Waals surface area contributed by atoms with Gasteiger partial charge in [0.05, 0.1) is 5.38 Å². The number of pyridine rings is 1. The van der Waals surface area contributed by atoms with Crippen molar-refractivity contribution in [2.75, 3.05) is 19.6 Å². The number of halogens is 1. The highest BCUT2D eigenvalue weighted by Crippen LogP contribution is 2.24. The minimum atomic E-state index is -0.0944. The maximum absolute atomic E-state index is 6.29. The molecule has 0 saturated carbocycles. The van der Waals surface area contributed by atoms with Crippen LogP contribution >= 0.6 is 11.6 Å². The molecule has 1 aliphatic rings. The van der Waals surface area contributed by atoms with Crippen molar-refractivity contribution in [3.63, 3.8) is 0 Å². The molecule has 3 heterocycles. The zero-order chi connectivity index (χ0) is 14.1. The average Bonchev–Trinajstić information content (AvgIpc) is 3.02. The summed E-state index contributed by atoms with van der Waals surface area (Å²) in [6.45, 7) is 8.41. The van der Waals surface area contributed by atoms with Crippen LogP contribution in [0.25, 0.3) is 11.2 Å². The summed E-state index contributed by atoms with van der Waals surface area (Å²) in [4.78, 5) is 11.7. The van der Waals surface area contributed by atoms with Crippen LogP contribution in [0.4, 0.5) is 0 Å². The van der Waals surface area contributed by atoms with E-state index in [0.717, 1.165) is 35.6 Å². The van der Waals surface area contributed by atoms with Gasteiger partial charge < -0.3 is 9.47 Å². The van der Waals surface area contributed by atoms with Crippen molar-refractivity contribution in [2.45, 2.75) is 38.6 Å². The lowest BCUT2D eigenvalue weighted by Gasteiger charge is -2.16. The summed E-state index contributed by atoms with van der Waals surface area (Å²) in [7, 11) is 0. The summed E-state index contributed by atoms with van der Waals surface area (Å²) in [5.41, 5.74) is 3.04. The largest absolute Gasteiger partial charge is 0.310 e. The van der Waals surface area contributed by atoms with Crippen molar-refractivity contribution in [1.29, 1.82) is 0 Å². The van der Waals surface area contributed by atoms with Crippen molar-refractivity contribution in [2.24, 2.45) is 0 Å². The van der Waals surface area contributed by atoms with Crippen molar-refractivity contribution >= 4 is 22.8 Å². The van der Waals surface area contributed by atoms with Crippen molar-refractivity contribution in [1.82, 2.24) is 19.4 Å².